The lowest BCUT2D eigenvalue weighted by molar-refractivity contribution is 0.392. The highest BCUT2D eigenvalue weighted by molar-refractivity contribution is 6.30. The van der Waals surface area contributed by atoms with Gasteiger partial charge in [0, 0.05) is 11.1 Å². The van der Waals surface area contributed by atoms with Crippen LogP contribution in [0.1, 0.15) is 6.92 Å². The maximum Gasteiger partial charge on any atom is 0.169 e. The Morgan fingerprint density at radius 2 is 2.19 bits per heavy atom. The number of hydrogen-bond acceptors (Lipinski definition) is 2. The first-order chi connectivity index (χ1) is 7.52. The molecule has 1 N–H and O–H groups in total. The van der Waals surface area contributed by atoms with E-state index < -0.39 is 0 Å². The normalized spacial score (nSPS) is 11.0. The Labute approximate surface area is 100 Å². The lowest BCUT2D eigenvalue weighted by atomic mass is 10.3. The summed E-state index contributed by atoms with van der Waals surface area (Å²) in [5, 5.41) is 10.0. The zero-order chi connectivity index (χ0) is 12.1. The van der Waals surface area contributed by atoms with Gasteiger partial charge in [0.2, 0.25) is 0 Å². The van der Waals surface area contributed by atoms with Crippen LogP contribution in [-0.4, -0.2) is 5.11 Å². The summed E-state index contributed by atoms with van der Waals surface area (Å²) in [6.07, 6.45) is 3.27. The average molecular weight is 237 g/mol. The van der Waals surface area contributed by atoms with Gasteiger partial charge in [0.1, 0.15) is 5.76 Å². The van der Waals surface area contributed by atoms with E-state index in [0.29, 0.717) is 16.5 Å². The van der Waals surface area contributed by atoms with Crippen LogP contribution in [0, 0.1) is 0 Å². The van der Waals surface area contributed by atoms with Crippen LogP contribution in [0.3, 0.4) is 0 Å². The predicted molar refractivity (Wildman–Crippen MR) is 66.8 cm³/mol. The minimum atomic E-state index is -0.0121. The van der Waals surface area contributed by atoms with Crippen molar-refractivity contribution in [3.05, 3.63) is 59.9 Å². The van der Waals surface area contributed by atoms with Gasteiger partial charge in [-0.05, 0) is 31.2 Å². The van der Waals surface area contributed by atoms with E-state index in [9.17, 15) is 5.11 Å². The largest absolute Gasteiger partial charge is 0.504 e. The van der Waals surface area contributed by atoms with Crippen LogP contribution in [-0.2, 0) is 0 Å². The zero-order valence-electron chi connectivity index (χ0n) is 9.03. The highest BCUT2D eigenvalue weighted by Crippen LogP contribution is 2.30. The summed E-state index contributed by atoms with van der Waals surface area (Å²) in [7, 11) is 0. The molecule has 0 aromatic heterocycles. The van der Waals surface area contributed by atoms with E-state index in [4.69, 9.17) is 16.3 Å². The lowest BCUT2D eigenvalue weighted by Gasteiger charge is -2.08. The summed E-state index contributed by atoms with van der Waals surface area (Å²) >= 11 is 5.71. The molecule has 0 aliphatic rings. The van der Waals surface area contributed by atoms with Crippen molar-refractivity contribution in [2.75, 3.05) is 0 Å². The number of allylic oxidation sites excluding steroid dienone is 3. The molecule has 16 heavy (non-hydrogen) atoms. The first-order valence-corrected chi connectivity index (χ1v) is 5.06. The summed E-state index contributed by atoms with van der Waals surface area (Å²) in [6, 6.07) is 4.64. The fourth-order valence-corrected chi connectivity index (χ4v) is 1.24. The van der Waals surface area contributed by atoms with Crippen molar-refractivity contribution in [1.29, 1.82) is 0 Å². The Morgan fingerprint density at radius 1 is 1.50 bits per heavy atom. The fourth-order valence-electron chi connectivity index (χ4n) is 1.08. The highest BCUT2D eigenvalue weighted by atomic mass is 35.5. The van der Waals surface area contributed by atoms with Gasteiger partial charge in [-0.15, -0.1) is 0 Å². The van der Waals surface area contributed by atoms with Gasteiger partial charge in [-0.1, -0.05) is 30.3 Å². The lowest BCUT2D eigenvalue weighted by Crippen LogP contribution is -1.92. The maximum atomic E-state index is 9.58. The van der Waals surface area contributed by atoms with Crippen molar-refractivity contribution < 1.29 is 9.84 Å². The van der Waals surface area contributed by atoms with Crippen LogP contribution < -0.4 is 4.74 Å². The summed E-state index contributed by atoms with van der Waals surface area (Å²) in [6.45, 7) is 9.19. The van der Waals surface area contributed by atoms with E-state index in [1.807, 2.05) is 6.92 Å². The average Bonchev–Trinajstić information content (AvgIpc) is 2.20. The van der Waals surface area contributed by atoms with Crippen LogP contribution in [0.5, 0.6) is 11.5 Å². The van der Waals surface area contributed by atoms with Gasteiger partial charge in [-0.25, -0.2) is 0 Å². The van der Waals surface area contributed by atoms with E-state index in [0.717, 1.165) is 5.57 Å². The minimum absolute atomic E-state index is 0.0121. The molecule has 0 radical (unpaired) electrons. The molecule has 0 amide bonds. The summed E-state index contributed by atoms with van der Waals surface area (Å²) < 4.78 is 5.43. The van der Waals surface area contributed by atoms with Crippen LogP contribution in [0.25, 0.3) is 0 Å². The Morgan fingerprint density at radius 3 is 2.69 bits per heavy atom. The number of rotatable bonds is 4. The standard InChI is InChI=1S/C13H13ClO2/c1-4-11(7-9(2)3)16-13-6-5-10(14)8-12(13)15/h4-8,15H,1-2H2,3H3/b11-7+. The van der Waals surface area contributed by atoms with Gasteiger partial charge >= 0.3 is 0 Å². The molecule has 0 unspecified atom stereocenters. The van der Waals surface area contributed by atoms with Gasteiger partial charge in [-0.3, -0.25) is 0 Å². The van der Waals surface area contributed by atoms with Crippen LogP contribution in [0.15, 0.2) is 54.8 Å². The second-order valence-electron chi connectivity index (χ2n) is 3.31. The molecule has 0 spiro atoms. The number of benzene rings is 1. The minimum Gasteiger partial charge on any atom is -0.504 e. The Balaban J connectivity index is 2.95. The second-order valence-corrected chi connectivity index (χ2v) is 3.75. The van der Waals surface area contributed by atoms with Crippen LogP contribution in [0.4, 0.5) is 0 Å². The number of aromatic hydroxyl groups is 1. The van der Waals surface area contributed by atoms with Crippen molar-refractivity contribution in [2.45, 2.75) is 6.92 Å². The summed E-state index contributed by atoms with van der Waals surface area (Å²) in [4.78, 5) is 0. The number of phenolic OH excluding ortho intramolecular Hbond substituents is 1. The molecule has 0 saturated carbocycles. The quantitative estimate of drug-likeness (QED) is 0.631. The number of ether oxygens (including phenoxy) is 1. The third-order valence-electron chi connectivity index (χ3n) is 1.74. The Kier molecular flexibility index (Phi) is 4.20. The number of hydrogen-bond donors (Lipinski definition) is 1. The molecule has 0 aliphatic carbocycles. The fraction of sp³-hybridized carbons (Fsp3) is 0.0769. The monoisotopic (exact) mass is 236 g/mol. The third kappa shape index (κ3) is 3.48. The Bertz CT molecular complexity index is 447. The van der Waals surface area contributed by atoms with Gasteiger partial charge in [-0.2, -0.15) is 0 Å². The smallest absolute Gasteiger partial charge is 0.169 e. The van der Waals surface area contributed by atoms with E-state index in [1.165, 1.54) is 6.07 Å². The van der Waals surface area contributed by atoms with E-state index in [2.05, 4.69) is 13.2 Å². The summed E-state index contributed by atoms with van der Waals surface area (Å²) in [5.74, 6) is 0.837. The predicted octanol–water partition coefficient (Wildman–Crippen LogP) is 4.07. The maximum absolute atomic E-state index is 9.58. The first kappa shape index (κ1) is 12.4. The first-order valence-electron chi connectivity index (χ1n) is 4.69. The van der Waals surface area contributed by atoms with Crippen molar-refractivity contribution in [3.8, 4) is 11.5 Å². The van der Waals surface area contributed by atoms with Crippen molar-refractivity contribution >= 4 is 11.6 Å². The van der Waals surface area contributed by atoms with E-state index in [1.54, 1.807) is 24.3 Å². The molecule has 0 fully saturated rings. The molecule has 1 aromatic rings. The van der Waals surface area contributed by atoms with Crippen LogP contribution in [0.2, 0.25) is 5.02 Å². The molecule has 1 rings (SSSR count). The van der Waals surface area contributed by atoms with Gasteiger partial charge in [0.05, 0.1) is 0 Å². The van der Waals surface area contributed by atoms with Crippen LogP contribution >= 0.6 is 11.6 Å². The second kappa shape index (κ2) is 5.42. The third-order valence-corrected chi connectivity index (χ3v) is 1.97. The highest BCUT2D eigenvalue weighted by Gasteiger charge is 2.04. The van der Waals surface area contributed by atoms with E-state index in [-0.39, 0.29) is 5.75 Å². The molecule has 2 nitrogen and oxygen atoms in total. The molecular formula is C13H13ClO2. The van der Waals surface area contributed by atoms with Crippen molar-refractivity contribution in [3.63, 3.8) is 0 Å². The SMILES string of the molecule is C=C/C(=C\C(=C)C)Oc1ccc(Cl)cc1O. The molecule has 0 heterocycles. The summed E-state index contributed by atoms with van der Waals surface area (Å²) in [5.41, 5.74) is 0.836. The molecule has 0 saturated heterocycles. The van der Waals surface area contributed by atoms with E-state index >= 15 is 0 Å². The molecule has 84 valence electrons. The van der Waals surface area contributed by atoms with Crippen molar-refractivity contribution in [2.24, 2.45) is 0 Å². The number of phenols is 1. The Hall–Kier alpha value is -1.67. The van der Waals surface area contributed by atoms with Crippen molar-refractivity contribution in [1.82, 2.24) is 0 Å². The van der Waals surface area contributed by atoms with Gasteiger partial charge < -0.3 is 9.84 Å². The molecular weight excluding hydrogens is 224 g/mol. The molecule has 0 aliphatic heterocycles. The zero-order valence-corrected chi connectivity index (χ0v) is 9.79. The molecule has 3 heteroatoms. The number of halogens is 1. The molecule has 1 aromatic carbocycles. The van der Waals surface area contributed by atoms with Gasteiger partial charge in [0.25, 0.3) is 0 Å². The molecule has 0 atom stereocenters. The molecule has 0 bridgehead atoms. The van der Waals surface area contributed by atoms with Gasteiger partial charge in [0.15, 0.2) is 11.5 Å². The topological polar surface area (TPSA) is 29.5 Å².